The fourth-order valence-corrected chi connectivity index (χ4v) is 2.95. The number of benzene rings is 1. The van der Waals surface area contributed by atoms with Crippen LogP contribution in [0.25, 0.3) is 0 Å². The lowest BCUT2D eigenvalue weighted by atomic mass is 10.1. The summed E-state index contributed by atoms with van der Waals surface area (Å²) in [6.07, 6.45) is 0.319. The highest BCUT2D eigenvalue weighted by atomic mass is 32.2. The highest BCUT2D eigenvalue weighted by Crippen LogP contribution is 2.15. The Hall–Kier alpha value is -1.47. The molecule has 0 aromatic heterocycles. The van der Waals surface area contributed by atoms with Crippen LogP contribution in [0.4, 0.5) is 4.39 Å². The first-order valence-electron chi connectivity index (χ1n) is 5.57. The Morgan fingerprint density at radius 3 is 2.68 bits per heavy atom. The molecule has 0 bridgehead atoms. The van der Waals surface area contributed by atoms with E-state index in [1.165, 1.54) is 7.11 Å². The number of carbonyl (C=O) groups is 1. The Kier molecular flexibility index (Phi) is 5.44. The summed E-state index contributed by atoms with van der Waals surface area (Å²) in [6, 6.07) is 3.10. The van der Waals surface area contributed by atoms with Gasteiger partial charge in [0, 0.05) is 19.3 Å². The van der Waals surface area contributed by atoms with Crippen molar-refractivity contribution in [1.29, 1.82) is 0 Å². The van der Waals surface area contributed by atoms with E-state index in [0.717, 1.165) is 18.2 Å². The third kappa shape index (κ3) is 4.96. The normalized spacial score (nSPS) is 11.5. The number of halogens is 1. The summed E-state index contributed by atoms with van der Waals surface area (Å²) in [7, 11) is -2.02. The molecular formula is C12H15FO5S. The lowest BCUT2D eigenvalue weighted by Gasteiger charge is -2.06. The second-order valence-electron chi connectivity index (χ2n) is 4.05. The zero-order valence-electron chi connectivity index (χ0n) is 10.4. The van der Waals surface area contributed by atoms with E-state index in [0.29, 0.717) is 13.0 Å². The molecule has 1 aromatic rings. The van der Waals surface area contributed by atoms with Crippen LogP contribution in [0.3, 0.4) is 0 Å². The summed E-state index contributed by atoms with van der Waals surface area (Å²) in [4.78, 5) is 10.8. The Morgan fingerprint density at radius 2 is 2.11 bits per heavy atom. The van der Waals surface area contributed by atoms with Crippen molar-refractivity contribution < 1.29 is 27.4 Å². The summed E-state index contributed by atoms with van der Waals surface area (Å²) < 4.78 is 41.7. The zero-order valence-corrected chi connectivity index (χ0v) is 11.2. The summed E-state index contributed by atoms with van der Waals surface area (Å²) in [5.41, 5.74) is -0.263. The quantitative estimate of drug-likeness (QED) is 0.769. The van der Waals surface area contributed by atoms with Gasteiger partial charge in [0.2, 0.25) is 0 Å². The summed E-state index contributed by atoms with van der Waals surface area (Å²) in [5, 5.41) is 8.78. The van der Waals surface area contributed by atoms with E-state index in [-0.39, 0.29) is 16.9 Å². The van der Waals surface area contributed by atoms with Crippen LogP contribution in [-0.2, 0) is 20.3 Å². The molecule has 0 heterocycles. The molecule has 0 aliphatic carbocycles. The monoisotopic (exact) mass is 290 g/mol. The Balaban J connectivity index is 2.86. The average molecular weight is 290 g/mol. The van der Waals surface area contributed by atoms with Gasteiger partial charge in [0.1, 0.15) is 5.82 Å². The predicted molar refractivity (Wildman–Crippen MR) is 67.3 cm³/mol. The molecule has 1 N–H and O–H groups in total. The average Bonchev–Trinajstić information content (AvgIpc) is 2.31. The molecule has 0 unspecified atom stereocenters. The van der Waals surface area contributed by atoms with Crippen molar-refractivity contribution in [3.05, 3.63) is 35.1 Å². The minimum atomic E-state index is -3.48. The molecule has 0 radical (unpaired) electrons. The maximum atomic E-state index is 13.5. The molecular weight excluding hydrogens is 275 g/mol. The number of carboxylic acid groups (broad SMARTS) is 1. The van der Waals surface area contributed by atoms with E-state index in [4.69, 9.17) is 9.84 Å². The maximum absolute atomic E-state index is 13.5. The minimum Gasteiger partial charge on any atom is -0.478 e. The highest BCUT2D eigenvalue weighted by Gasteiger charge is 2.16. The molecule has 0 saturated carbocycles. The molecule has 19 heavy (non-hydrogen) atoms. The summed E-state index contributed by atoms with van der Waals surface area (Å²) in [5.74, 6) is -2.58. The molecule has 0 spiro atoms. The molecule has 0 amide bonds. The van der Waals surface area contributed by atoms with Crippen molar-refractivity contribution in [2.75, 3.05) is 19.5 Å². The van der Waals surface area contributed by atoms with Gasteiger partial charge in [-0.1, -0.05) is 0 Å². The molecule has 0 saturated heterocycles. The first-order valence-corrected chi connectivity index (χ1v) is 7.39. The van der Waals surface area contributed by atoms with E-state index >= 15 is 0 Å². The van der Waals surface area contributed by atoms with Crippen LogP contribution in [0.5, 0.6) is 0 Å². The van der Waals surface area contributed by atoms with Crippen LogP contribution < -0.4 is 0 Å². The van der Waals surface area contributed by atoms with Gasteiger partial charge in [-0.25, -0.2) is 17.6 Å². The van der Waals surface area contributed by atoms with Crippen molar-refractivity contribution >= 4 is 15.8 Å². The summed E-state index contributed by atoms with van der Waals surface area (Å²) >= 11 is 0. The van der Waals surface area contributed by atoms with E-state index in [1.807, 2.05) is 0 Å². The van der Waals surface area contributed by atoms with Gasteiger partial charge < -0.3 is 9.84 Å². The number of carboxylic acids is 1. The Bertz CT molecular complexity index is 553. The van der Waals surface area contributed by atoms with Crippen molar-refractivity contribution in [1.82, 2.24) is 0 Å². The van der Waals surface area contributed by atoms with Crippen molar-refractivity contribution in [3.63, 3.8) is 0 Å². The van der Waals surface area contributed by atoms with Gasteiger partial charge >= 0.3 is 5.97 Å². The lowest BCUT2D eigenvalue weighted by molar-refractivity contribution is 0.0696. The van der Waals surface area contributed by atoms with Crippen molar-refractivity contribution in [3.8, 4) is 0 Å². The largest absolute Gasteiger partial charge is 0.478 e. The topological polar surface area (TPSA) is 80.7 Å². The maximum Gasteiger partial charge on any atom is 0.335 e. The number of methoxy groups -OCH3 is 1. The van der Waals surface area contributed by atoms with Gasteiger partial charge in [0.05, 0.1) is 17.1 Å². The first-order chi connectivity index (χ1) is 8.85. The van der Waals surface area contributed by atoms with E-state index in [9.17, 15) is 17.6 Å². The fraction of sp³-hybridized carbons (Fsp3) is 0.417. The van der Waals surface area contributed by atoms with E-state index in [2.05, 4.69) is 0 Å². The van der Waals surface area contributed by atoms with Crippen molar-refractivity contribution in [2.24, 2.45) is 0 Å². The van der Waals surface area contributed by atoms with Gasteiger partial charge in [0.15, 0.2) is 9.84 Å². The molecule has 0 aliphatic heterocycles. The first kappa shape index (κ1) is 15.6. The Morgan fingerprint density at radius 1 is 1.42 bits per heavy atom. The van der Waals surface area contributed by atoms with Gasteiger partial charge in [-0.2, -0.15) is 0 Å². The van der Waals surface area contributed by atoms with Crippen LogP contribution in [-0.4, -0.2) is 39.0 Å². The van der Waals surface area contributed by atoms with Crippen LogP contribution in [0.15, 0.2) is 18.2 Å². The molecule has 1 rings (SSSR count). The third-order valence-electron chi connectivity index (χ3n) is 2.47. The molecule has 5 nitrogen and oxygen atoms in total. The summed E-state index contributed by atoms with van der Waals surface area (Å²) in [6.45, 7) is 0.302. The number of rotatable bonds is 7. The van der Waals surface area contributed by atoms with Gasteiger partial charge in [-0.05, 0) is 24.6 Å². The standard InChI is InChI=1S/C12H15FO5S/c1-18-5-2-6-19(16,17)8-10-7-9(12(14)15)3-4-11(10)13/h3-4,7H,2,5-6,8H2,1H3,(H,14,15). The second kappa shape index (κ2) is 6.63. The smallest absolute Gasteiger partial charge is 0.335 e. The van der Waals surface area contributed by atoms with Gasteiger partial charge in [0.25, 0.3) is 0 Å². The van der Waals surface area contributed by atoms with E-state index in [1.54, 1.807) is 0 Å². The van der Waals surface area contributed by atoms with Crippen LogP contribution in [0, 0.1) is 5.82 Å². The highest BCUT2D eigenvalue weighted by molar-refractivity contribution is 7.90. The second-order valence-corrected chi connectivity index (χ2v) is 6.23. The molecule has 1 aromatic carbocycles. The molecule has 0 fully saturated rings. The SMILES string of the molecule is COCCCS(=O)(=O)Cc1cc(C(=O)O)ccc1F. The van der Waals surface area contributed by atoms with Gasteiger partial charge in [-0.15, -0.1) is 0 Å². The molecule has 106 valence electrons. The lowest BCUT2D eigenvalue weighted by Crippen LogP contribution is -2.12. The zero-order chi connectivity index (χ0) is 14.5. The fourth-order valence-electron chi connectivity index (χ4n) is 1.55. The number of hydrogen-bond donors (Lipinski definition) is 1. The van der Waals surface area contributed by atoms with Gasteiger partial charge in [-0.3, -0.25) is 0 Å². The Labute approximate surface area is 110 Å². The van der Waals surface area contributed by atoms with E-state index < -0.39 is 27.4 Å². The molecule has 0 atom stereocenters. The number of aromatic carboxylic acids is 1. The third-order valence-corrected chi connectivity index (χ3v) is 4.13. The predicted octanol–water partition coefficient (Wildman–Crippen LogP) is 1.48. The number of hydrogen-bond acceptors (Lipinski definition) is 4. The van der Waals surface area contributed by atoms with Crippen molar-refractivity contribution in [2.45, 2.75) is 12.2 Å². The number of ether oxygens (including phenoxy) is 1. The molecule has 7 heteroatoms. The van der Waals surface area contributed by atoms with Crippen LogP contribution in [0.1, 0.15) is 22.3 Å². The molecule has 0 aliphatic rings. The van der Waals surface area contributed by atoms with Crippen LogP contribution in [0.2, 0.25) is 0 Å². The number of sulfone groups is 1. The van der Waals surface area contributed by atoms with Crippen LogP contribution >= 0.6 is 0 Å². The minimum absolute atomic E-state index is 0.127.